The molecule has 2 saturated heterocycles. The SMILES string of the molecule is CCCCCCCCOC1CCC(C)(C)N(C(CCCCCCCC(=O)O)(C(=O)O)N2C(C)(C)CCC(OCCCCCCCC)C2(C)C)C1(C)C. The Morgan fingerprint density at radius 3 is 1.33 bits per heavy atom. The van der Waals surface area contributed by atoms with E-state index in [2.05, 4.69) is 79.0 Å². The van der Waals surface area contributed by atoms with E-state index in [1.54, 1.807) is 0 Å². The summed E-state index contributed by atoms with van der Waals surface area (Å²) in [6.07, 6.45) is 22.5. The molecule has 2 unspecified atom stereocenters. The molecule has 0 aromatic heterocycles. The Labute approximate surface area is 320 Å². The minimum Gasteiger partial charge on any atom is -0.481 e. The molecule has 0 radical (unpaired) electrons. The van der Waals surface area contributed by atoms with Crippen molar-refractivity contribution in [3.05, 3.63) is 0 Å². The van der Waals surface area contributed by atoms with Gasteiger partial charge in [0.2, 0.25) is 0 Å². The minimum absolute atomic E-state index is 0.0818. The van der Waals surface area contributed by atoms with Gasteiger partial charge in [-0.3, -0.25) is 14.6 Å². The van der Waals surface area contributed by atoms with Gasteiger partial charge in [-0.2, -0.15) is 0 Å². The summed E-state index contributed by atoms with van der Waals surface area (Å²) in [5, 5.41) is 21.1. The Kier molecular flexibility index (Phi) is 19.6. The molecule has 0 aromatic rings. The number of carboxylic acids is 2. The van der Waals surface area contributed by atoms with E-state index in [0.29, 0.717) is 26.1 Å². The Morgan fingerprint density at radius 2 is 0.942 bits per heavy atom. The Bertz CT molecular complexity index is 982. The third kappa shape index (κ3) is 12.7. The first kappa shape index (κ1) is 46.9. The predicted molar refractivity (Wildman–Crippen MR) is 215 cm³/mol. The lowest BCUT2D eigenvalue weighted by Gasteiger charge is -2.70. The molecule has 0 amide bonds. The number of hydrogen-bond donors (Lipinski definition) is 2. The number of rotatable bonds is 27. The number of piperidine rings is 2. The molecular weight excluding hydrogens is 652 g/mol. The van der Waals surface area contributed by atoms with E-state index in [1.807, 2.05) is 0 Å². The first-order valence-electron chi connectivity index (χ1n) is 21.7. The van der Waals surface area contributed by atoms with E-state index in [4.69, 9.17) is 14.6 Å². The lowest BCUT2D eigenvalue weighted by atomic mass is 9.69. The highest BCUT2D eigenvalue weighted by Gasteiger charge is 2.67. The van der Waals surface area contributed by atoms with Crippen LogP contribution in [-0.4, -0.2) is 85.2 Å². The van der Waals surface area contributed by atoms with Gasteiger partial charge in [-0.25, -0.2) is 4.79 Å². The van der Waals surface area contributed by atoms with Crippen LogP contribution in [0.1, 0.15) is 217 Å². The molecule has 2 N–H and O–H groups in total. The fourth-order valence-electron chi connectivity index (χ4n) is 10.3. The van der Waals surface area contributed by atoms with Crippen molar-refractivity contribution >= 4 is 11.9 Å². The van der Waals surface area contributed by atoms with Crippen LogP contribution in [-0.2, 0) is 19.1 Å². The lowest BCUT2D eigenvalue weighted by Crippen LogP contribution is -2.85. The molecule has 2 atom stereocenters. The third-order valence-corrected chi connectivity index (χ3v) is 12.6. The zero-order valence-corrected chi connectivity index (χ0v) is 35.8. The highest BCUT2D eigenvalue weighted by molar-refractivity contribution is 5.79. The second-order valence-corrected chi connectivity index (χ2v) is 18.7. The van der Waals surface area contributed by atoms with Crippen LogP contribution in [0.5, 0.6) is 0 Å². The number of ether oxygens (including phenoxy) is 2. The highest BCUT2D eigenvalue weighted by atomic mass is 16.5. The average molecular weight is 737 g/mol. The Morgan fingerprint density at radius 1 is 0.577 bits per heavy atom. The molecule has 0 spiro atoms. The van der Waals surface area contributed by atoms with E-state index >= 15 is 0 Å². The van der Waals surface area contributed by atoms with E-state index in [-0.39, 0.29) is 18.6 Å². The molecule has 0 aliphatic carbocycles. The van der Waals surface area contributed by atoms with E-state index in [1.165, 1.54) is 64.2 Å². The molecular formula is C44H84N2O6. The standard InChI is InChI=1S/C44H84N2O6/c1-11-13-15-17-22-26-34-51-36-29-32-40(3,4)45(42(36,7)8)44(39(49)50,31-25-21-19-20-24-28-38(47)48)46-41(5,6)33-30-37(43(46,9)10)52-35-27-23-18-16-14-12-2/h36-37H,11-35H2,1-10H3,(H,47,48)(H,49,50). The molecule has 0 bridgehead atoms. The molecule has 2 heterocycles. The first-order chi connectivity index (χ1) is 24.4. The van der Waals surface area contributed by atoms with E-state index in [0.717, 1.165) is 64.2 Å². The van der Waals surface area contributed by atoms with Crippen LogP contribution in [0.2, 0.25) is 0 Å². The molecule has 306 valence electrons. The lowest BCUT2D eigenvalue weighted by molar-refractivity contribution is -0.276. The van der Waals surface area contributed by atoms with Crippen molar-refractivity contribution in [3.63, 3.8) is 0 Å². The van der Waals surface area contributed by atoms with Gasteiger partial charge in [-0.1, -0.05) is 97.3 Å². The predicted octanol–water partition coefficient (Wildman–Crippen LogP) is 11.4. The number of carbonyl (C=O) groups is 2. The summed E-state index contributed by atoms with van der Waals surface area (Å²) in [6.45, 7) is 23.8. The highest BCUT2D eigenvalue weighted by Crippen LogP contribution is 2.54. The molecule has 2 fully saturated rings. The van der Waals surface area contributed by atoms with Crippen molar-refractivity contribution in [2.45, 2.75) is 257 Å². The second kappa shape index (κ2) is 21.8. The van der Waals surface area contributed by atoms with Crippen molar-refractivity contribution in [1.82, 2.24) is 9.80 Å². The first-order valence-corrected chi connectivity index (χ1v) is 21.7. The van der Waals surface area contributed by atoms with Gasteiger partial charge in [0.1, 0.15) is 0 Å². The number of carboxylic acid groups (broad SMARTS) is 2. The maximum Gasteiger partial charge on any atom is 0.339 e. The molecule has 2 rings (SSSR count). The summed E-state index contributed by atoms with van der Waals surface area (Å²) in [7, 11) is 0. The summed E-state index contributed by atoms with van der Waals surface area (Å²) in [4.78, 5) is 30.5. The summed E-state index contributed by atoms with van der Waals surface area (Å²) in [5.41, 5.74) is -3.22. The molecule has 52 heavy (non-hydrogen) atoms. The fourth-order valence-corrected chi connectivity index (χ4v) is 10.3. The Balaban J connectivity index is 2.52. The van der Waals surface area contributed by atoms with Gasteiger partial charge >= 0.3 is 11.9 Å². The smallest absolute Gasteiger partial charge is 0.339 e. The number of nitrogens with zero attached hydrogens (tertiary/aromatic N) is 2. The van der Waals surface area contributed by atoms with Gasteiger partial charge in [-0.05, 0) is 113 Å². The summed E-state index contributed by atoms with van der Waals surface area (Å²) < 4.78 is 13.6. The molecule has 8 heteroatoms. The van der Waals surface area contributed by atoms with Crippen LogP contribution >= 0.6 is 0 Å². The quantitative estimate of drug-likeness (QED) is 0.0804. The normalized spacial score (nSPS) is 24.0. The van der Waals surface area contributed by atoms with E-state index in [9.17, 15) is 14.7 Å². The van der Waals surface area contributed by atoms with Crippen LogP contribution in [0.4, 0.5) is 0 Å². The number of aliphatic carboxylic acids is 2. The van der Waals surface area contributed by atoms with Gasteiger partial charge in [-0.15, -0.1) is 0 Å². The third-order valence-electron chi connectivity index (χ3n) is 12.6. The summed E-state index contributed by atoms with van der Waals surface area (Å²) >= 11 is 0. The molecule has 0 aromatic carbocycles. The van der Waals surface area contributed by atoms with Gasteiger partial charge in [0.05, 0.1) is 12.2 Å². The van der Waals surface area contributed by atoms with Crippen LogP contribution in [0, 0.1) is 0 Å². The summed E-state index contributed by atoms with van der Waals surface area (Å²) in [6, 6.07) is 0. The van der Waals surface area contributed by atoms with E-state index < -0.39 is 39.8 Å². The topological polar surface area (TPSA) is 99.5 Å². The van der Waals surface area contributed by atoms with Crippen LogP contribution < -0.4 is 0 Å². The molecule has 8 nitrogen and oxygen atoms in total. The molecule has 2 aliphatic rings. The largest absolute Gasteiger partial charge is 0.481 e. The second-order valence-electron chi connectivity index (χ2n) is 18.7. The molecule has 0 saturated carbocycles. The molecule has 2 aliphatic heterocycles. The minimum atomic E-state index is -1.31. The van der Waals surface area contributed by atoms with Crippen molar-refractivity contribution in [2.75, 3.05) is 13.2 Å². The zero-order valence-electron chi connectivity index (χ0n) is 35.8. The fraction of sp³-hybridized carbons (Fsp3) is 0.955. The maximum absolute atomic E-state index is 14.6. The van der Waals surface area contributed by atoms with Crippen LogP contribution in [0.25, 0.3) is 0 Å². The average Bonchev–Trinajstić information content (AvgIpc) is 3.04. The monoisotopic (exact) mass is 737 g/mol. The van der Waals surface area contributed by atoms with Gasteiger partial charge in [0.15, 0.2) is 5.66 Å². The maximum atomic E-state index is 14.6. The number of unbranched alkanes of at least 4 members (excludes halogenated alkanes) is 14. The van der Waals surface area contributed by atoms with Gasteiger partial charge < -0.3 is 19.7 Å². The number of likely N-dealkylation sites (tertiary alicyclic amines) is 2. The van der Waals surface area contributed by atoms with Crippen molar-refractivity contribution < 1.29 is 29.3 Å². The summed E-state index contributed by atoms with van der Waals surface area (Å²) in [5.74, 6) is -1.54. The van der Waals surface area contributed by atoms with Crippen LogP contribution in [0.15, 0.2) is 0 Å². The Hall–Kier alpha value is -1.22. The van der Waals surface area contributed by atoms with Crippen LogP contribution in [0.3, 0.4) is 0 Å². The zero-order chi connectivity index (χ0) is 39.1. The van der Waals surface area contributed by atoms with Crippen molar-refractivity contribution in [1.29, 1.82) is 0 Å². The number of hydrogen-bond acceptors (Lipinski definition) is 6. The van der Waals surface area contributed by atoms with Crippen molar-refractivity contribution in [2.24, 2.45) is 0 Å². The van der Waals surface area contributed by atoms with Gasteiger partial charge in [0, 0.05) is 41.8 Å². The van der Waals surface area contributed by atoms with Crippen molar-refractivity contribution in [3.8, 4) is 0 Å². The van der Waals surface area contributed by atoms with Gasteiger partial charge in [0.25, 0.3) is 0 Å².